The highest BCUT2D eigenvalue weighted by Gasteiger charge is 2.28. The van der Waals surface area contributed by atoms with Gasteiger partial charge in [-0.25, -0.2) is 10.8 Å². The molecule has 0 spiro atoms. The van der Waals surface area contributed by atoms with Gasteiger partial charge in [0, 0.05) is 0 Å². The molecule has 1 aliphatic rings. The highest BCUT2D eigenvalue weighted by molar-refractivity contribution is 6.22. The number of alkyl halides is 1. The molecule has 3 N–H and O–H groups in total. The van der Waals surface area contributed by atoms with Crippen molar-refractivity contribution in [2.75, 3.05) is 0 Å². The summed E-state index contributed by atoms with van der Waals surface area (Å²) < 4.78 is 1.85. The van der Waals surface area contributed by atoms with E-state index in [-0.39, 0.29) is 17.3 Å². The van der Waals surface area contributed by atoms with Gasteiger partial charge in [-0.3, -0.25) is 10.2 Å². The summed E-state index contributed by atoms with van der Waals surface area (Å²) in [5.74, 6) is 5.64. The zero-order chi connectivity index (χ0) is 12.6. The Hall–Kier alpha value is -1.33. The van der Waals surface area contributed by atoms with Crippen LogP contribution in [0.3, 0.4) is 0 Å². The van der Waals surface area contributed by atoms with E-state index >= 15 is 0 Å². The zero-order valence-corrected chi connectivity index (χ0v) is 10.5. The lowest BCUT2D eigenvalue weighted by atomic mass is 10.1. The third-order valence-corrected chi connectivity index (χ3v) is 3.50. The van der Waals surface area contributed by atoms with Gasteiger partial charge in [0.1, 0.15) is 11.5 Å². The van der Waals surface area contributed by atoms with Crippen molar-refractivity contribution < 1.29 is 4.79 Å². The Morgan fingerprint density at radius 2 is 2.41 bits per heavy atom. The number of nitrogens with zero attached hydrogens (tertiary/aromatic N) is 2. The van der Waals surface area contributed by atoms with Crippen LogP contribution in [-0.4, -0.2) is 20.8 Å². The fourth-order valence-corrected chi connectivity index (χ4v) is 2.25. The second-order valence-electron chi connectivity index (χ2n) is 4.01. The lowest BCUT2D eigenvalue weighted by molar-refractivity contribution is 0.0941. The molecule has 0 saturated carbocycles. The molecule has 6 heteroatoms. The lowest BCUT2D eigenvalue weighted by Crippen LogP contribution is -2.34. The average molecular weight is 255 g/mol. The van der Waals surface area contributed by atoms with Crippen LogP contribution in [0.4, 0.5) is 0 Å². The summed E-state index contributed by atoms with van der Waals surface area (Å²) in [6, 6.07) is -0.0169. The monoisotopic (exact) mass is 254 g/mol. The van der Waals surface area contributed by atoms with E-state index in [9.17, 15) is 4.79 Å². The molecule has 2 atom stereocenters. The number of allylic oxidation sites excluding steroid dienone is 1. The molecule has 0 aromatic carbocycles. The summed E-state index contributed by atoms with van der Waals surface area (Å²) in [4.78, 5) is 16.2. The second-order valence-corrected chi connectivity index (χ2v) is 4.51. The molecule has 5 nitrogen and oxygen atoms in total. The number of rotatable bonds is 2. The van der Waals surface area contributed by atoms with Crippen LogP contribution in [0.15, 0.2) is 6.08 Å². The number of nitrogens with one attached hydrogen (secondary N) is 1. The molecule has 0 radical (unpaired) electrons. The van der Waals surface area contributed by atoms with E-state index in [2.05, 4.69) is 10.4 Å². The Kier molecular flexibility index (Phi) is 3.22. The molecule has 92 valence electrons. The molecule has 2 rings (SSSR count). The van der Waals surface area contributed by atoms with Gasteiger partial charge in [-0.1, -0.05) is 13.0 Å². The van der Waals surface area contributed by atoms with Crippen molar-refractivity contribution in [2.24, 2.45) is 5.84 Å². The van der Waals surface area contributed by atoms with Gasteiger partial charge >= 0.3 is 0 Å². The van der Waals surface area contributed by atoms with E-state index in [1.165, 1.54) is 0 Å². The molecular weight excluding hydrogens is 240 g/mol. The number of imidazole rings is 1. The number of halogens is 1. The van der Waals surface area contributed by atoms with Gasteiger partial charge in [-0.15, -0.1) is 11.6 Å². The van der Waals surface area contributed by atoms with Gasteiger partial charge in [0.15, 0.2) is 0 Å². The Balaban J connectivity index is 2.61. The van der Waals surface area contributed by atoms with Gasteiger partial charge < -0.3 is 4.57 Å². The summed E-state index contributed by atoms with van der Waals surface area (Å²) >= 11 is 6.17. The van der Waals surface area contributed by atoms with Crippen LogP contribution >= 0.6 is 11.6 Å². The van der Waals surface area contributed by atoms with Crippen LogP contribution in [0.2, 0.25) is 0 Å². The van der Waals surface area contributed by atoms with Crippen molar-refractivity contribution >= 4 is 23.6 Å². The fraction of sp³-hybridized carbons (Fsp3) is 0.455. The van der Waals surface area contributed by atoms with Crippen molar-refractivity contribution in [1.82, 2.24) is 15.0 Å². The number of nitrogens with two attached hydrogens (primary N) is 1. The maximum absolute atomic E-state index is 11.8. The van der Waals surface area contributed by atoms with Gasteiger partial charge in [0.05, 0.1) is 17.1 Å². The summed E-state index contributed by atoms with van der Waals surface area (Å²) in [6.07, 6.45) is 4.40. The summed E-state index contributed by atoms with van der Waals surface area (Å²) in [6.45, 7) is 3.91. The predicted molar refractivity (Wildman–Crippen MR) is 66.6 cm³/mol. The Bertz CT molecular complexity index is 480. The van der Waals surface area contributed by atoms with E-state index < -0.39 is 0 Å². The Morgan fingerprint density at radius 3 is 3.00 bits per heavy atom. The van der Waals surface area contributed by atoms with E-state index in [0.29, 0.717) is 12.1 Å². The SMILES string of the molecule is CCc1nc2n(c1C(=O)NN)C(C)C(Cl)C=C2. The number of carbonyl (C=O) groups is 1. The largest absolute Gasteiger partial charge is 0.316 e. The van der Waals surface area contributed by atoms with Crippen molar-refractivity contribution in [3.63, 3.8) is 0 Å². The number of aryl methyl sites for hydroxylation is 1. The van der Waals surface area contributed by atoms with E-state index in [4.69, 9.17) is 17.4 Å². The smallest absolute Gasteiger partial charge is 0.283 e. The third kappa shape index (κ3) is 1.85. The maximum Gasteiger partial charge on any atom is 0.283 e. The number of hydrogen-bond acceptors (Lipinski definition) is 3. The van der Waals surface area contributed by atoms with Crippen LogP contribution in [0.1, 0.15) is 41.9 Å². The number of nitrogen functional groups attached to an aromatic ring is 1. The molecule has 2 heterocycles. The number of amides is 1. The summed E-state index contributed by atoms with van der Waals surface area (Å²) in [5.41, 5.74) is 3.41. The number of fused-ring (bicyclic) bond motifs is 1. The first-order chi connectivity index (χ1) is 8.10. The fourth-order valence-electron chi connectivity index (χ4n) is 2.07. The highest BCUT2D eigenvalue weighted by atomic mass is 35.5. The van der Waals surface area contributed by atoms with Crippen LogP contribution < -0.4 is 11.3 Å². The molecular formula is C11H15ClN4O. The van der Waals surface area contributed by atoms with Gasteiger partial charge in [-0.05, 0) is 19.4 Å². The molecule has 0 bridgehead atoms. The van der Waals surface area contributed by atoms with Crippen LogP contribution in [0.25, 0.3) is 6.08 Å². The van der Waals surface area contributed by atoms with Crippen LogP contribution in [0.5, 0.6) is 0 Å². The maximum atomic E-state index is 11.8. The molecule has 0 aliphatic carbocycles. The summed E-state index contributed by atoms with van der Waals surface area (Å²) in [5, 5.41) is -0.147. The van der Waals surface area contributed by atoms with E-state index in [0.717, 1.165) is 11.5 Å². The number of aromatic nitrogens is 2. The number of hydrogen-bond donors (Lipinski definition) is 2. The van der Waals surface area contributed by atoms with Crippen molar-refractivity contribution in [3.05, 3.63) is 23.3 Å². The lowest BCUT2D eigenvalue weighted by Gasteiger charge is -2.24. The van der Waals surface area contributed by atoms with Crippen LogP contribution in [0, 0.1) is 0 Å². The van der Waals surface area contributed by atoms with Crippen molar-refractivity contribution in [2.45, 2.75) is 31.7 Å². The third-order valence-electron chi connectivity index (χ3n) is 2.99. The minimum Gasteiger partial charge on any atom is -0.316 e. The van der Waals surface area contributed by atoms with E-state index in [1.807, 2.05) is 30.6 Å². The van der Waals surface area contributed by atoms with Gasteiger partial charge in [0.2, 0.25) is 0 Å². The Morgan fingerprint density at radius 1 is 1.71 bits per heavy atom. The normalized spacial score (nSPS) is 22.4. The van der Waals surface area contributed by atoms with Gasteiger partial charge in [0.25, 0.3) is 5.91 Å². The predicted octanol–water partition coefficient (Wildman–Crippen LogP) is 1.24. The number of carbonyl (C=O) groups excluding carboxylic acids is 1. The quantitative estimate of drug-likeness (QED) is 0.361. The molecule has 0 saturated heterocycles. The van der Waals surface area contributed by atoms with Crippen LogP contribution in [-0.2, 0) is 6.42 Å². The highest BCUT2D eigenvalue weighted by Crippen LogP contribution is 2.29. The molecule has 17 heavy (non-hydrogen) atoms. The number of hydrazine groups is 1. The van der Waals surface area contributed by atoms with E-state index in [1.54, 1.807) is 0 Å². The zero-order valence-electron chi connectivity index (χ0n) is 9.77. The molecule has 1 amide bonds. The van der Waals surface area contributed by atoms with Crippen molar-refractivity contribution in [3.8, 4) is 0 Å². The molecule has 1 aliphatic heterocycles. The minimum absolute atomic E-state index is 0.0169. The second kappa shape index (κ2) is 4.50. The first kappa shape index (κ1) is 12.1. The standard InChI is InChI=1S/C11H15ClN4O/c1-3-8-10(11(17)15-13)16-6(2)7(12)4-5-9(16)14-8/h4-7H,3,13H2,1-2H3,(H,15,17). The topological polar surface area (TPSA) is 72.9 Å². The summed E-state index contributed by atoms with van der Waals surface area (Å²) in [7, 11) is 0. The molecule has 0 fully saturated rings. The van der Waals surface area contributed by atoms with Gasteiger partial charge in [-0.2, -0.15) is 0 Å². The van der Waals surface area contributed by atoms with Crippen molar-refractivity contribution in [1.29, 1.82) is 0 Å². The Labute approximate surface area is 105 Å². The average Bonchev–Trinajstić information content (AvgIpc) is 2.72. The molecule has 1 aromatic rings. The minimum atomic E-state index is -0.327. The first-order valence-corrected chi connectivity index (χ1v) is 5.98. The molecule has 2 unspecified atom stereocenters. The first-order valence-electron chi connectivity index (χ1n) is 5.54. The molecule has 1 aromatic heterocycles.